The van der Waals surface area contributed by atoms with Crippen molar-refractivity contribution in [1.29, 1.82) is 0 Å². The Balaban J connectivity index is 2.07. The van der Waals surface area contributed by atoms with Gasteiger partial charge in [0.25, 0.3) is 5.22 Å². The molecule has 0 saturated carbocycles. The number of ether oxygens (including phenoxy) is 1. The lowest BCUT2D eigenvalue weighted by atomic mass is 10.3. The third kappa shape index (κ3) is 3.94. The molecule has 0 fully saturated rings. The highest BCUT2D eigenvalue weighted by atomic mass is 32.2. The van der Waals surface area contributed by atoms with E-state index in [-0.39, 0.29) is 22.7 Å². The number of rotatable bonds is 4. The third-order valence-corrected chi connectivity index (χ3v) is 2.90. The number of esters is 1. The molecule has 0 atom stereocenters. The SMILES string of the molecule is CCOC(=O)c1nnc(Sc2ccc(C(F)(F)F)cn2)o1. The maximum Gasteiger partial charge on any atom is 0.417 e. The van der Waals surface area contributed by atoms with E-state index in [9.17, 15) is 18.0 Å². The van der Waals surface area contributed by atoms with Gasteiger partial charge < -0.3 is 9.15 Å². The van der Waals surface area contributed by atoms with E-state index in [2.05, 4.69) is 19.9 Å². The second-order valence-electron chi connectivity index (χ2n) is 3.58. The van der Waals surface area contributed by atoms with Crippen molar-refractivity contribution in [2.45, 2.75) is 23.3 Å². The first-order valence-corrected chi connectivity index (χ1v) is 6.43. The average molecular weight is 319 g/mol. The molecule has 0 aromatic carbocycles. The first-order chi connectivity index (χ1) is 9.90. The van der Waals surface area contributed by atoms with E-state index in [1.807, 2.05) is 0 Å². The fourth-order valence-corrected chi connectivity index (χ4v) is 1.85. The Labute approximate surface area is 120 Å². The number of nitrogens with zero attached hydrogens (tertiary/aromatic N) is 3. The molecular weight excluding hydrogens is 311 g/mol. The van der Waals surface area contributed by atoms with E-state index in [4.69, 9.17) is 4.42 Å². The van der Waals surface area contributed by atoms with Crippen molar-refractivity contribution in [3.8, 4) is 0 Å². The molecule has 10 heteroatoms. The zero-order valence-electron chi connectivity index (χ0n) is 10.5. The summed E-state index contributed by atoms with van der Waals surface area (Å²) in [6.07, 6.45) is -3.75. The molecule has 0 spiro atoms. The summed E-state index contributed by atoms with van der Waals surface area (Å²) in [7, 11) is 0. The number of halogens is 3. The Morgan fingerprint density at radius 2 is 2.14 bits per heavy atom. The first kappa shape index (κ1) is 15.3. The monoisotopic (exact) mass is 319 g/mol. The Bertz CT molecular complexity index is 628. The van der Waals surface area contributed by atoms with Crippen LogP contribution < -0.4 is 0 Å². The summed E-state index contributed by atoms with van der Waals surface area (Å²) in [5.74, 6) is -1.09. The summed E-state index contributed by atoms with van der Waals surface area (Å²) in [5, 5.41) is 7.24. The van der Waals surface area contributed by atoms with Gasteiger partial charge in [0.05, 0.1) is 12.2 Å². The molecule has 21 heavy (non-hydrogen) atoms. The van der Waals surface area contributed by atoms with Gasteiger partial charge in [-0.05, 0) is 30.8 Å². The number of hydrogen-bond donors (Lipinski definition) is 0. The second-order valence-corrected chi connectivity index (χ2v) is 4.55. The van der Waals surface area contributed by atoms with Gasteiger partial charge in [-0.25, -0.2) is 9.78 Å². The van der Waals surface area contributed by atoms with E-state index in [0.717, 1.165) is 17.8 Å². The zero-order valence-corrected chi connectivity index (χ0v) is 11.4. The number of alkyl halides is 3. The van der Waals surface area contributed by atoms with E-state index in [0.29, 0.717) is 6.20 Å². The van der Waals surface area contributed by atoms with E-state index in [1.54, 1.807) is 6.92 Å². The summed E-state index contributed by atoms with van der Waals surface area (Å²) in [6.45, 7) is 1.78. The lowest BCUT2D eigenvalue weighted by Crippen LogP contribution is -2.05. The fourth-order valence-electron chi connectivity index (χ4n) is 1.22. The van der Waals surface area contributed by atoms with Crippen molar-refractivity contribution in [1.82, 2.24) is 15.2 Å². The molecule has 2 aromatic rings. The van der Waals surface area contributed by atoms with Crippen LogP contribution in [0.25, 0.3) is 0 Å². The maximum atomic E-state index is 12.4. The van der Waals surface area contributed by atoms with Gasteiger partial charge in [0, 0.05) is 6.20 Å². The first-order valence-electron chi connectivity index (χ1n) is 5.62. The molecule has 112 valence electrons. The minimum Gasteiger partial charge on any atom is -0.459 e. The van der Waals surface area contributed by atoms with Crippen LogP contribution >= 0.6 is 11.8 Å². The van der Waals surface area contributed by atoms with E-state index >= 15 is 0 Å². The number of carbonyl (C=O) groups is 1. The van der Waals surface area contributed by atoms with Gasteiger partial charge in [-0.1, -0.05) is 5.10 Å². The molecule has 0 saturated heterocycles. The highest BCUT2D eigenvalue weighted by Gasteiger charge is 2.30. The third-order valence-electron chi connectivity index (χ3n) is 2.11. The van der Waals surface area contributed by atoms with Gasteiger partial charge in [-0.2, -0.15) is 13.2 Å². The molecule has 0 aliphatic heterocycles. The smallest absolute Gasteiger partial charge is 0.417 e. The van der Waals surface area contributed by atoms with Crippen molar-refractivity contribution >= 4 is 17.7 Å². The van der Waals surface area contributed by atoms with Gasteiger partial charge in [0.2, 0.25) is 0 Å². The van der Waals surface area contributed by atoms with Crippen LogP contribution in [0.3, 0.4) is 0 Å². The molecule has 2 aromatic heterocycles. The van der Waals surface area contributed by atoms with Crippen molar-refractivity contribution < 1.29 is 27.1 Å². The topological polar surface area (TPSA) is 78.1 Å². The van der Waals surface area contributed by atoms with Crippen molar-refractivity contribution in [3.63, 3.8) is 0 Å². The van der Waals surface area contributed by atoms with Crippen molar-refractivity contribution in [3.05, 3.63) is 29.8 Å². The fraction of sp³-hybridized carbons (Fsp3) is 0.273. The number of aromatic nitrogens is 3. The van der Waals surface area contributed by atoms with Crippen LogP contribution in [0, 0.1) is 0 Å². The quantitative estimate of drug-likeness (QED) is 0.802. The van der Waals surface area contributed by atoms with Crippen LogP contribution in [0.15, 0.2) is 33.0 Å². The minimum atomic E-state index is -4.45. The lowest BCUT2D eigenvalue weighted by Gasteiger charge is -2.05. The molecular formula is C11H8F3N3O3S. The number of pyridine rings is 1. The van der Waals surface area contributed by atoms with Gasteiger partial charge in [0.1, 0.15) is 5.03 Å². The molecule has 0 aliphatic rings. The normalized spacial score (nSPS) is 11.4. The predicted octanol–water partition coefficient (Wildman–Crippen LogP) is 2.81. The largest absolute Gasteiger partial charge is 0.459 e. The van der Waals surface area contributed by atoms with Gasteiger partial charge >= 0.3 is 18.0 Å². The predicted molar refractivity (Wildman–Crippen MR) is 63.6 cm³/mol. The van der Waals surface area contributed by atoms with Crippen LogP contribution in [0.2, 0.25) is 0 Å². The van der Waals surface area contributed by atoms with Crippen LogP contribution in [0.1, 0.15) is 23.2 Å². The molecule has 2 rings (SSSR count). The molecule has 0 radical (unpaired) electrons. The second kappa shape index (κ2) is 6.12. The van der Waals surface area contributed by atoms with Crippen LogP contribution in [-0.4, -0.2) is 27.8 Å². The molecule has 0 unspecified atom stereocenters. The molecule has 0 amide bonds. The Hall–Kier alpha value is -2.10. The molecule has 2 heterocycles. The summed E-state index contributed by atoms with van der Waals surface area (Å²) in [6, 6.07) is 2.06. The Kier molecular flexibility index (Phi) is 4.46. The van der Waals surface area contributed by atoms with Crippen LogP contribution in [0.4, 0.5) is 13.2 Å². The molecule has 0 N–H and O–H groups in total. The molecule has 6 nitrogen and oxygen atoms in total. The highest BCUT2D eigenvalue weighted by Crippen LogP contribution is 2.31. The summed E-state index contributed by atoms with van der Waals surface area (Å²) < 4.78 is 46.8. The maximum absolute atomic E-state index is 12.4. The Morgan fingerprint density at radius 3 is 2.71 bits per heavy atom. The van der Waals surface area contributed by atoms with E-state index in [1.165, 1.54) is 6.07 Å². The van der Waals surface area contributed by atoms with Crippen molar-refractivity contribution in [2.75, 3.05) is 6.61 Å². The molecule has 0 aliphatic carbocycles. The molecule has 0 bridgehead atoms. The minimum absolute atomic E-state index is 0.0229. The highest BCUT2D eigenvalue weighted by molar-refractivity contribution is 7.99. The lowest BCUT2D eigenvalue weighted by molar-refractivity contribution is -0.137. The average Bonchev–Trinajstić information content (AvgIpc) is 2.87. The number of carbonyl (C=O) groups excluding carboxylic acids is 1. The summed E-state index contributed by atoms with van der Waals surface area (Å²) >= 11 is 0.837. The van der Waals surface area contributed by atoms with Crippen molar-refractivity contribution in [2.24, 2.45) is 0 Å². The van der Waals surface area contributed by atoms with E-state index < -0.39 is 17.7 Å². The summed E-state index contributed by atoms with van der Waals surface area (Å²) in [4.78, 5) is 14.9. The van der Waals surface area contributed by atoms with Gasteiger partial charge in [-0.3, -0.25) is 0 Å². The zero-order chi connectivity index (χ0) is 15.5. The number of hydrogen-bond acceptors (Lipinski definition) is 7. The standard InChI is InChI=1S/C11H8F3N3O3S/c1-2-19-9(18)8-16-17-10(20-8)21-7-4-3-6(5-15-7)11(12,13)14/h3-5H,2H2,1H3. The summed E-state index contributed by atoms with van der Waals surface area (Å²) in [5.41, 5.74) is -0.857. The van der Waals surface area contributed by atoms with Gasteiger partial charge in [0.15, 0.2) is 0 Å². The van der Waals surface area contributed by atoms with Gasteiger partial charge in [-0.15, -0.1) is 5.10 Å². The Morgan fingerprint density at radius 1 is 1.38 bits per heavy atom. The van der Waals surface area contributed by atoms with Crippen LogP contribution in [-0.2, 0) is 10.9 Å². The van der Waals surface area contributed by atoms with Crippen LogP contribution in [0.5, 0.6) is 0 Å².